The number of amides is 1. The summed E-state index contributed by atoms with van der Waals surface area (Å²) in [6.45, 7) is 2.60. The number of nitro groups is 1. The Labute approximate surface area is 237 Å². The van der Waals surface area contributed by atoms with E-state index in [0.717, 1.165) is 19.1 Å². The molecule has 18 heteroatoms. The molecule has 0 unspecified atom stereocenters. The molecule has 2 saturated heterocycles. The minimum absolute atomic E-state index is 0.0367. The fourth-order valence-corrected chi connectivity index (χ4v) is 4.44. The van der Waals surface area contributed by atoms with Crippen LogP contribution in [0.3, 0.4) is 0 Å². The van der Waals surface area contributed by atoms with E-state index in [1.807, 2.05) is 0 Å². The van der Waals surface area contributed by atoms with Crippen LogP contribution in [-0.4, -0.2) is 138 Å². The molecule has 2 aliphatic heterocycles. The minimum Gasteiger partial charge on any atom is -0.477 e. The summed E-state index contributed by atoms with van der Waals surface area (Å²) >= 11 is 0. The number of carbonyl (C=O) groups is 2. The molecule has 2 aliphatic rings. The number of aliphatic hydroxyl groups is 7. The van der Waals surface area contributed by atoms with Crippen molar-refractivity contribution in [2.45, 2.75) is 73.9 Å². The van der Waals surface area contributed by atoms with Crippen LogP contribution in [0.2, 0.25) is 0 Å². The Kier molecular flexibility index (Phi) is 10.5. The second-order valence-corrected chi connectivity index (χ2v) is 9.64. The molecule has 0 aliphatic carbocycles. The predicted octanol–water partition coefficient (Wildman–Crippen LogP) is -3.89. The van der Waals surface area contributed by atoms with E-state index in [1.54, 1.807) is 0 Å². The number of ether oxygens (including phenoxy) is 4. The van der Waals surface area contributed by atoms with Crippen LogP contribution in [-0.2, 0) is 23.8 Å². The van der Waals surface area contributed by atoms with Crippen LogP contribution in [0.5, 0.6) is 5.75 Å². The van der Waals surface area contributed by atoms with Crippen molar-refractivity contribution in [1.82, 2.24) is 5.32 Å². The lowest BCUT2D eigenvalue weighted by Gasteiger charge is -2.48. The number of aliphatic hydroxyl groups excluding tert-OH is 7. The largest absolute Gasteiger partial charge is 0.477 e. The zero-order valence-electron chi connectivity index (χ0n) is 22.0. The van der Waals surface area contributed by atoms with E-state index < -0.39 is 103 Å². The summed E-state index contributed by atoms with van der Waals surface area (Å²) in [4.78, 5) is 34.4. The third-order valence-corrected chi connectivity index (χ3v) is 6.76. The molecule has 3 rings (SSSR count). The maximum atomic E-state index is 12.5. The molecule has 2 fully saturated rings. The van der Waals surface area contributed by atoms with Crippen LogP contribution in [0.4, 0.5) is 5.69 Å². The normalized spacial score (nSPS) is 34.7. The summed E-state index contributed by atoms with van der Waals surface area (Å²) in [7, 11) is 0. The Morgan fingerprint density at radius 1 is 1.14 bits per heavy atom. The van der Waals surface area contributed by atoms with Crippen molar-refractivity contribution < 1.29 is 74.3 Å². The van der Waals surface area contributed by atoms with Crippen molar-refractivity contribution in [1.29, 1.82) is 0 Å². The van der Waals surface area contributed by atoms with E-state index in [0.29, 0.717) is 0 Å². The highest BCUT2D eigenvalue weighted by Crippen LogP contribution is 2.38. The number of non-ortho nitro benzene ring substituents is 1. The van der Waals surface area contributed by atoms with Crippen LogP contribution in [0.1, 0.15) is 6.92 Å². The molecule has 2 heterocycles. The number of carboxylic acids is 1. The number of carboxylic acid groups (broad SMARTS) is 1. The molecule has 0 aromatic heterocycles. The monoisotopic (exact) mass is 604 g/mol. The van der Waals surface area contributed by atoms with Gasteiger partial charge in [-0.15, -0.1) is 0 Å². The standard InChI is InChI=1S/C24H32N2O16/c1-9-16(30)15(25-10(2)28)21(17(31)13(29)7-27)42-24(9,23(35)36)39-8-14-18(32)19(33)20(34)22(41-14)40-12-5-3-11(4-6-12)26(37)38/h3-6,13-22,27,29-34H,1,7-8H2,2H3,(H,25,28)(H,35,36)/t13-,14-,15-,16+,17-,18+,19+,20-,21-,22-,24-/m1/s1. The molecule has 11 atom stereocenters. The van der Waals surface area contributed by atoms with Gasteiger partial charge in [-0.2, -0.15) is 0 Å². The predicted molar refractivity (Wildman–Crippen MR) is 133 cm³/mol. The Morgan fingerprint density at radius 3 is 2.29 bits per heavy atom. The SMILES string of the molecule is C=C1[C@H](O)[C@@H](NC(C)=O)[C@H]([C@H](O)[C@H](O)CO)O[C@@]1(OC[C@H]1O[C@@H](Oc2ccc([N+](=O)[O-])cc2)[C@H](O)[C@@H](O)[C@H]1O)C(=O)O. The van der Waals surface area contributed by atoms with Gasteiger partial charge in [-0.25, -0.2) is 4.79 Å². The van der Waals surface area contributed by atoms with Gasteiger partial charge in [-0.05, 0) is 12.1 Å². The van der Waals surface area contributed by atoms with Crippen LogP contribution in [0, 0.1) is 10.1 Å². The Hall–Kier alpha value is -3.30. The van der Waals surface area contributed by atoms with Crippen LogP contribution >= 0.6 is 0 Å². The summed E-state index contributed by atoms with van der Waals surface area (Å²) < 4.78 is 21.9. The molecule has 1 aromatic rings. The van der Waals surface area contributed by atoms with Gasteiger partial charge in [0.05, 0.1) is 24.2 Å². The van der Waals surface area contributed by atoms with Crippen molar-refractivity contribution in [3.63, 3.8) is 0 Å². The van der Waals surface area contributed by atoms with E-state index in [4.69, 9.17) is 18.9 Å². The van der Waals surface area contributed by atoms with Gasteiger partial charge in [-0.3, -0.25) is 14.9 Å². The summed E-state index contributed by atoms with van der Waals surface area (Å²) in [5.74, 6) is -5.69. The van der Waals surface area contributed by atoms with Gasteiger partial charge in [0.25, 0.3) is 11.5 Å². The van der Waals surface area contributed by atoms with Crippen LogP contribution in [0.15, 0.2) is 36.4 Å². The topological polar surface area (TPSA) is 288 Å². The molecule has 0 radical (unpaired) electrons. The van der Waals surface area contributed by atoms with Gasteiger partial charge < -0.3 is 65.1 Å². The lowest BCUT2D eigenvalue weighted by atomic mass is 9.85. The Balaban J connectivity index is 1.85. The van der Waals surface area contributed by atoms with Gasteiger partial charge in [0.1, 0.15) is 54.6 Å². The molecule has 0 bridgehead atoms. The van der Waals surface area contributed by atoms with E-state index in [1.165, 1.54) is 12.1 Å². The maximum Gasteiger partial charge on any atom is 0.369 e. The smallest absolute Gasteiger partial charge is 0.369 e. The van der Waals surface area contributed by atoms with Gasteiger partial charge in [0.2, 0.25) is 12.2 Å². The minimum atomic E-state index is -2.99. The van der Waals surface area contributed by atoms with Crippen molar-refractivity contribution in [3.05, 3.63) is 46.5 Å². The number of nitrogens with one attached hydrogen (secondary N) is 1. The molecule has 18 nitrogen and oxygen atoms in total. The van der Waals surface area contributed by atoms with Crippen molar-refractivity contribution in [2.24, 2.45) is 0 Å². The van der Waals surface area contributed by atoms with E-state index in [2.05, 4.69) is 11.9 Å². The first-order valence-corrected chi connectivity index (χ1v) is 12.4. The second kappa shape index (κ2) is 13.3. The first kappa shape index (κ1) is 33.2. The third kappa shape index (κ3) is 6.68. The zero-order chi connectivity index (χ0) is 31.5. The molecule has 0 spiro atoms. The summed E-state index contributed by atoms with van der Waals surface area (Å²) in [5, 5.41) is 95.0. The highest BCUT2D eigenvalue weighted by molar-refractivity contribution is 5.81. The van der Waals surface area contributed by atoms with Gasteiger partial charge in [-0.1, -0.05) is 6.58 Å². The third-order valence-electron chi connectivity index (χ3n) is 6.76. The first-order valence-electron chi connectivity index (χ1n) is 12.4. The van der Waals surface area contributed by atoms with Gasteiger partial charge in [0, 0.05) is 24.6 Å². The quantitative estimate of drug-likeness (QED) is 0.0663. The summed E-state index contributed by atoms with van der Waals surface area (Å²) in [6.07, 6.45) is -16.8. The average Bonchev–Trinajstić information content (AvgIpc) is 2.95. The molecule has 0 saturated carbocycles. The number of rotatable bonds is 11. The molecule has 234 valence electrons. The molecule has 1 amide bonds. The first-order chi connectivity index (χ1) is 19.6. The average molecular weight is 605 g/mol. The fourth-order valence-electron chi connectivity index (χ4n) is 4.44. The number of benzene rings is 1. The zero-order valence-corrected chi connectivity index (χ0v) is 22.0. The number of aliphatic carboxylic acids is 1. The fraction of sp³-hybridized carbons (Fsp3) is 0.583. The Morgan fingerprint density at radius 2 is 1.76 bits per heavy atom. The molecule has 42 heavy (non-hydrogen) atoms. The van der Waals surface area contributed by atoms with Crippen molar-refractivity contribution in [2.75, 3.05) is 13.2 Å². The van der Waals surface area contributed by atoms with Crippen LogP contribution < -0.4 is 10.1 Å². The second-order valence-electron chi connectivity index (χ2n) is 9.64. The number of hydrogen-bond acceptors (Lipinski definition) is 15. The van der Waals surface area contributed by atoms with Crippen molar-refractivity contribution >= 4 is 17.6 Å². The molecule has 1 aromatic carbocycles. The molecular formula is C24H32N2O16. The maximum absolute atomic E-state index is 12.5. The molecule has 9 N–H and O–H groups in total. The summed E-state index contributed by atoms with van der Waals surface area (Å²) in [5.41, 5.74) is -0.945. The van der Waals surface area contributed by atoms with E-state index in [9.17, 15) is 60.6 Å². The van der Waals surface area contributed by atoms with Gasteiger partial charge >= 0.3 is 5.97 Å². The lowest BCUT2D eigenvalue weighted by molar-refractivity contribution is -0.384. The number of nitro benzene ring substituents is 1. The number of hydrogen-bond donors (Lipinski definition) is 9. The Bertz CT molecular complexity index is 1150. The van der Waals surface area contributed by atoms with Crippen molar-refractivity contribution in [3.8, 4) is 5.75 Å². The molecular weight excluding hydrogens is 572 g/mol. The number of carbonyl (C=O) groups excluding carboxylic acids is 1. The summed E-state index contributed by atoms with van der Waals surface area (Å²) in [6, 6.07) is 2.98. The van der Waals surface area contributed by atoms with Crippen LogP contribution in [0.25, 0.3) is 0 Å². The highest BCUT2D eigenvalue weighted by atomic mass is 16.7. The van der Waals surface area contributed by atoms with E-state index >= 15 is 0 Å². The van der Waals surface area contributed by atoms with Gasteiger partial charge in [0.15, 0.2) is 0 Å². The van der Waals surface area contributed by atoms with E-state index in [-0.39, 0.29) is 11.4 Å². The highest BCUT2D eigenvalue weighted by Gasteiger charge is 2.59. The lowest BCUT2D eigenvalue weighted by Crippen LogP contribution is -2.69. The number of nitrogens with zero attached hydrogens (tertiary/aromatic N) is 1.